The standard InChI is InChI=1S/C16H13F2N5O/c17-11-5-6-13(12(18)9-11)20-14-3-1-2-4-15(14)21-16(24)10-23-8-7-19-22-23/h1-9,20H,10H2,(H,21,24). The second-order valence-corrected chi connectivity index (χ2v) is 4.94. The van der Waals surface area contributed by atoms with Crippen LogP contribution in [0, 0.1) is 11.6 Å². The number of nitrogens with zero attached hydrogens (tertiary/aromatic N) is 3. The summed E-state index contributed by atoms with van der Waals surface area (Å²) in [6, 6.07) is 10.0. The van der Waals surface area contributed by atoms with E-state index in [0.717, 1.165) is 12.1 Å². The van der Waals surface area contributed by atoms with Gasteiger partial charge in [0.2, 0.25) is 5.91 Å². The van der Waals surface area contributed by atoms with Gasteiger partial charge in [0.05, 0.1) is 23.3 Å². The van der Waals surface area contributed by atoms with E-state index in [1.54, 1.807) is 30.5 Å². The highest BCUT2D eigenvalue weighted by Gasteiger charge is 2.10. The Hall–Kier alpha value is -3.29. The highest BCUT2D eigenvalue weighted by atomic mass is 19.1. The molecule has 24 heavy (non-hydrogen) atoms. The number of benzene rings is 2. The van der Waals surface area contributed by atoms with Gasteiger partial charge in [-0.05, 0) is 24.3 Å². The molecule has 6 nitrogen and oxygen atoms in total. The molecule has 0 unspecified atom stereocenters. The number of rotatable bonds is 5. The summed E-state index contributed by atoms with van der Waals surface area (Å²) in [5.41, 5.74) is 1.05. The number of carbonyl (C=O) groups excluding carboxylic acids is 1. The predicted molar refractivity (Wildman–Crippen MR) is 84.7 cm³/mol. The van der Waals surface area contributed by atoms with Crippen molar-refractivity contribution in [3.63, 3.8) is 0 Å². The fourth-order valence-electron chi connectivity index (χ4n) is 2.09. The molecule has 0 aliphatic heterocycles. The maximum atomic E-state index is 13.8. The highest BCUT2D eigenvalue weighted by molar-refractivity contribution is 5.94. The normalized spacial score (nSPS) is 10.4. The Bertz CT molecular complexity index is 851. The number of para-hydroxylation sites is 2. The van der Waals surface area contributed by atoms with Crippen molar-refractivity contribution in [2.75, 3.05) is 10.6 Å². The number of hydrogen-bond acceptors (Lipinski definition) is 4. The molecule has 0 bridgehead atoms. The molecule has 1 amide bonds. The highest BCUT2D eigenvalue weighted by Crippen LogP contribution is 2.27. The molecule has 0 saturated carbocycles. The first kappa shape index (κ1) is 15.6. The summed E-state index contributed by atoms with van der Waals surface area (Å²) in [5, 5.41) is 12.9. The van der Waals surface area contributed by atoms with Gasteiger partial charge < -0.3 is 10.6 Å². The number of anilines is 3. The third-order valence-electron chi connectivity index (χ3n) is 3.18. The van der Waals surface area contributed by atoms with Gasteiger partial charge in [-0.2, -0.15) is 0 Å². The molecule has 3 aromatic rings. The SMILES string of the molecule is O=C(Cn1ccnn1)Nc1ccccc1Nc1ccc(F)cc1F. The molecular formula is C16H13F2N5O. The maximum absolute atomic E-state index is 13.8. The van der Waals surface area contributed by atoms with Crippen LogP contribution in [0.15, 0.2) is 54.9 Å². The van der Waals surface area contributed by atoms with Gasteiger partial charge in [-0.15, -0.1) is 5.10 Å². The van der Waals surface area contributed by atoms with E-state index in [1.165, 1.54) is 16.9 Å². The molecule has 8 heteroatoms. The minimum absolute atomic E-state index is 0.000750. The van der Waals surface area contributed by atoms with Crippen molar-refractivity contribution in [3.8, 4) is 0 Å². The Kier molecular flexibility index (Phi) is 4.46. The van der Waals surface area contributed by atoms with Crippen LogP contribution in [0.25, 0.3) is 0 Å². The molecule has 0 fully saturated rings. The lowest BCUT2D eigenvalue weighted by Gasteiger charge is -2.13. The van der Waals surface area contributed by atoms with Gasteiger partial charge in [-0.25, -0.2) is 13.5 Å². The molecule has 2 N–H and O–H groups in total. The van der Waals surface area contributed by atoms with Gasteiger partial charge >= 0.3 is 0 Å². The van der Waals surface area contributed by atoms with Crippen LogP contribution in [-0.2, 0) is 11.3 Å². The molecule has 0 aliphatic rings. The Morgan fingerprint density at radius 2 is 1.88 bits per heavy atom. The zero-order chi connectivity index (χ0) is 16.9. The number of carbonyl (C=O) groups is 1. The van der Waals surface area contributed by atoms with E-state index >= 15 is 0 Å². The summed E-state index contributed by atoms with van der Waals surface area (Å²) in [6.07, 6.45) is 3.04. The van der Waals surface area contributed by atoms with Crippen molar-refractivity contribution in [1.29, 1.82) is 0 Å². The molecule has 0 aliphatic carbocycles. The third-order valence-corrected chi connectivity index (χ3v) is 3.18. The van der Waals surface area contributed by atoms with E-state index in [4.69, 9.17) is 0 Å². The summed E-state index contributed by atoms with van der Waals surface area (Å²) in [6.45, 7) is -0.000750. The molecule has 122 valence electrons. The summed E-state index contributed by atoms with van der Waals surface area (Å²) in [5.74, 6) is -1.69. The molecule has 0 atom stereocenters. The van der Waals surface area contributed by atoms with Crippen LogP contribution in [0.4, 0.5) is 25.8 Å². The van der Waals surface area contributed by atoms with Crippen molar-refractivity contribution in [2.24, 2.45) is 0 Å². The third kappa shape index (κ3) is 3.72. The van der Waals surface area contributed by atoms with E-state index in [-0.39, 0.29) is 18.1 Å². The molecular weight excluding hydrogens is 316 g/mol. The fraction of sp³-hybridized carbons (Fsp3) is 0.0625. The summed E-state index contributed by atoms with van der Waals surface area (Å²) >= 11 is 0. The number of halogens is 2. The number of nitrogens with one attached hydrogen (secondary N) is 2. The Balaban J connectivity index is 1.76. The van der Waals surface area contributed by atoms with Gasteiger partial charge in [0, 0.05) is 12.3 Å². The Morgan fingerprint density at radius 3 is 2.58 bits per heavy atom. The van der Waals surface area contributed by atoms with E-state index < -0.39 is 11.6 Å². The van der Waals surface area contributed by atoms with E-state index in [9.17, 15) is 13.6 Å². The zero-order valence-electron chi connectivity index (χ0n) is 12.4. The summed E-state index contributed by atoms with van der Waals surface area (Å²) in [7, 11) is 0. The van der Waals surface area contributed by atoms with Gasteiger partial charge in [0.1, 0.15) is 18.2 Å². The lowest BCUT2D eigenvalue weighted by molar-refractivity contribution is -0.116. The summed E-state index contributed by atoms with van der Waals surface area (Å²) < 4.78 is 28.1. The van der Waals surface area contributed by atoms with E-state index in [2.05, 4.69) is 20.9 Å². The molecule has 0 spiro atoms. The van der Waals surface area contributed by atoms with Gasteiger partial charge in [-0.3, -0.25) is 4.79 Å². The minimum atomic E-state index is -0.723. The lowest BCUT2D eigenvalue weighted by Crippen LogP contribution is -2.19. The average Bonchev–Trinajstić information content (AvgIpc) is 3.04. The van der Waals surface area contributed by atoms with Crippen molar-refractivity contribution in [1.82, 2.24) is 15.0 Å². The van der Waals surface area contributed by atoms with Gasteiger partial charge in [0.25, 0.3) is 0 Å². The second kappa shape index (κ2) is 6.86. The molecule has 0 saturated heterocycles. The van der Waals surface area contributed by atoms with E-state index in [1.807, 2.05) is 0 Å². The molecule has 0 radical (unpaired) electrons. The van der Waals surface area contributed by atoms with Crippen LogP contribution in [-0.4, -0.2) is 20.9 Å². The zero-order valence-corrected chi connectivity index (χ0v) is 12.4. The first-order valence-electron chi connectivity index (χ1n) is 7.07. The largest absolute Gasteiger partial charge is 0.351 e. The fourth-order valence-corrected chi connectivity index (χ4v) is 2.09. The predicted octanol–water partition coefficient (Wildman–Crippen LogP) is 2.94. The van der Waals surface area contributed by atoms with Crippen LogP contribution in [0.5, 0.6) is 0 Å². The van der Waals surface area contributed by atoms with Crippen LogP contribution in [0.2, 0.25) is 0 Å². The van der Waals surface area contributed by atoms with Crippen molar-refractivity contribution >= 4 is 23.0 Å². The van der Waals surface area contributed by atoms with Gasteiger partial charge in [-0.1, -0.05) is 17.3 Å². The Labute approximate surface area is 136 Å². The maximum Gasteiger partial charge on any atom is 0.246 e. The number of aromatic nitrogens is 3. The van der Waals surface area contributed by atoms with Crippen molar-refractivity contribution < 1.29 is 13.6 Å². The molecule has 3 rings (SSSR count). The lowest BCUT2D eigenvalue weighted by atomic mass is 10.2. The smallest absolute Gasteiger partial charge is 0.246 e. The van der Waals surface area contributed by atoms with Crippen LogP contribution in [0.1, 0.15) is 0 Å². The van der Waals surface area contributed by atoms with Crippen molar-refractivity contribution in [2.45, 2.75) is 6.54 Å². The molecule has 1 aromatic heterocycles. The summed E-state index contributed by atoms with van der Waals surface area (Å²) in [4.78, 5) is 12.0. The van der Waals surface area contributed by atoms with Crippen LogP contribution < -0.4 is 10.6 Å². The molecule has 2 aromatic carbocycles. The minimum Gasteiger partial charge on any atom is -0.351 e. The Morgan fingerprint density at radius 1 is 1.08 bits per heavy atom. The first-order valence-corrected chi connectivity index (χ1v) is 7.07. The number of hydrogen-bond donors (Lipinski definition) is 2. The monoisotopic (exact) mass is 329 g/mol. The second-order valence-electron chi connectivity index (χ2n) is 4.94. The molecule has 1 heterocycles. The van der Waals surface area contributed by atoms with Crippen molar-refractivity contribution in [3.05, 3.63) is 66.5 Å². The first-order chi connectivity index (χ1) is 11.6. The number of amides is 1. The topological polar surface area (TPSA) is 71.8 Å². The van der Waals surface area contributed by atoms with Crippen LogP contribution in [0.3, 0.4) is 0 Å². The van der Waals surface area contributed by atoms with E-state index in [0.29, 0.717) is 11.4 Å². The average molecular weight is 329 g/mol. The van der Waals surface area contributed by atoms with Gasteiger partial charge in [0.15, 0.2) is 0 Å². The van der Waals surface area contributed by atoms with Crippen LogP contribution >= 0.6 is 0 Å². The quantitative estimate of drug-likeness (QED) is 0.755.